The standard InChI is InChI=1S/C31H30F3N5O3/c1-2-38-25-19-39(29(41)26(25)27(37-30(38)42)22-13-6-7-14-23(22)31(32,33)34)24(18-20-10-4-3-5-11-20)28(40)36-17-15-21-12-8-9-16-35-21/h3-14,16,24,27H,2,15,17-19H2,1H3,(H,36,40)(H,37,42)/t24-,27-/m0/s1. The molecule has 11 heteroatoms. The van der Waals surface area contributed by atoms with Gasteiger partial charge in [-0.2, -0.15) is 13.2 Å². The van der Waals surface area contributed by atoms with Crippen molar-refractivity contribution in [3.8, 4) is 0 Å². The Labute approximate surface area is 241 Å². The Morgan fingerprint density at radius 2 is 1.76 bits per heavy atom. The molecule has 5 rings (SSSR count). The van der Waals surface area contributed by atoms with E-state index in [9.17, 15) is 27.6 Å². The van der Waals surface area contributed by atoms with E-state index in [0.717, 1.165) is 17.3 Å². The molecule has 8 nitrogen and oxygen atoms in total. The van der Waals surface area contributed by atoms with E-state index in [-0.39, 0.29) is 37.2 Å². The SMILES string of the molecule is CCN1C(=O)N[C@@H](c2ccccc2C(F)(F)F)C2=C1CN([C@@H](Cc1ccccc1)C(=O)NCCc1ccccn1)C2=O. The predicted octanol–water partition coefficient (Wildman–Crippen LogP) is 4.25. The number of likely N-dealkylation sites (N-methyl/N-ethyl adjacent to an activating group) is 1. The number of hydrogen-bond donors (Lipinski definition) is 2. The number of benzene rings is 2. The molecular formula is C31H30F3N5O3. The van der Waals surface area contributed by atoms with Gasteiger partial charge in [0, 0.05) is 37.8 Å². The van der Waals surface area contributed by atoms with E-state index in [2.05, 4.69) is 15.6 Å². The Balaban J connectivity index is 1.48. The maximum absolute atomic E-state index is 14.1. The van der Waals surface area contributed by atoms with Gasteiger partial charge in [-0.25, -0.2) is 4.79 Å². The summed E-state index contributed by atoms with van der Waals surface area (Å²) in [6.07, 6.45) is -2.38. The van der Waals surface area contributed by atoms with Crippen molar-refractivity contribution in [3.05, 3.63) is 113 Å². The Hall–Kier alpha value is -4.67. The van der Waals surface area contributed by atoms with Crippen LogP contribution in [-0.4, -0.2) is 58.3 Å². The summed E-state index contributed by atoms with van der Waals surface area (Å²) in [6, 6.07) is 16.7. The minimum atomic E-state index is -4.70. The third kappa shape index (κ3) is 5.86. The van der Waals surface area contributed by atoms with Gasteiger partial charge >= 0.3 is 12.2 Å². The molecule has 2 aliphatic rings. The summed E-state index contributed by atoms with van der Waals surface area (Å²) >= 11 is 0. The average molecular weight is 578 g/mol. The number of aromatic nitrogens is 1. The molecule has 218 valence electrons. The van der Waals surface area contributed by atoms with Gasteiger partial charge in [0.25, 0.3) is 5.91 Å². The summed E-state index contributed by atoms with van der Waals surface area (Å²) < 4.78 is 42.0. The van der Waals surface area contributed by atoms with Gasteiger partial charge in [0.15, 0.2) is 0 Å². The number of halogens is 3. The van der Waals surface area contributed by atoms with E-state index >= 15 is 0 Å². The Bertz CT molecular complexity index is 1490. The molecule has 2 N–H and O–H groups in total. The topological polar surface area (TPSA) is 94.6 Å². The van der Waals surface area contributed by atoms with Crippen LogP contribution in [0.5, 0.6) is 0 Å². The Morgan fingerprint density at radius 3 is 2.45 bits per heavy atom. The minimum Gasteiger partial charge on any atom is -0.354 e. The van der Waals surface area contributed by atoms with Gasteiger partial charge in [-0.3, -0.25) is 19.5 Å². The molecule has 2 aliphatic heterocycles. The van der Waals surface area contributed by atoms with Crippen molar-refractivity contribution in [1.29, 1.82) is 0 Å². The summed E-state index contributed by atoms with van der Waals surface area (Å²) in [5, 5.41) is 5.51. The zero-order valence-electron chi connectivity index (χ0n) is 22.9. The smallest absolute Gasteiger partial charge is 0.354 e. The fourth-order valence-corrected chi connectivity index (χ4v) is 5.50. The van der Waals surface area contributed by atoms with Gasteiger partial charge in [0.1, 0.15) is 6.04 Å². The maximum Gasteiger partial charge on any atom is 0.416 e. The number of hydrogen-bond acceptors (Lipinski definition) is 4. The van der Waals surface area contributed by atoms with Crippen LogP contribution in [0.25, 0.3) is 0 Å². The molecular weight excluding hydrogens is 547 g/mol. The van der Waals surface area contributed by atoms with Crippen molar-refractivity contribution in [2.45, 2.75) is 38.0 Å². The van der Waals surface area contributed by atoms with Crippen molar-refractivity contribution in [2.24, 2.45) is 0 Å². The summed E-state index contributed by atoms with van der Waals surface area (Å²) in [5.74, 6) is -0.996. The molecule has 0 unspecified atom stereocenters. The highest BCUT2D eigenvalue weighted by Gasteiger charge is 2.48. The van der Waals surface area contributed by atoms with E-state index in [1.54, 1.807) is 19.2 Å². The summed E-state index contributed by atoms with van der Waals surface area (Å²) in [7, 11) is 0. The van der Waals surface area contributed by atoms with Crippen LogP contribution in [0, 0.1) is 0 Å². The van der Waals surface area contributed by atoms with Crippen LogP contribution in [0.1, 0.15) is 35.3 Å². The lowest BCUT2D eigenvalue weighted by Crippen LogP contribution is -2.50. The predicted molar refractivity (Wildman–Crippen MR) is 149 cm³/mol. The van der Waals surface area contributed by atoms with Crippen molar-refractivity contribution < 1.29 is 27.6 Å². The molecule has 4 amide bonds. The summed E-state index contributed by atoms with van der Waals surface area (Å²) in [4.78, 5) is 47.8. The van der Waals surface area contributed by atoms with E-state index in [1.165, 1.54) is 28.0 Å². The number of nitrogens with one attached hydrogen (secondary N) is 2. The molecule has 1 aromatic heterocycles. The number of carbonyl (C=O) groups excluding carboxylic acids is 3. The number of rotatable bonds is 9. The molecule has 0 saturated heterocycles. The highest BCUT2D eigenvalue weighted by molar-refractivity contribution is 6.03. The van der Waals surface area contributed by atoms with Crippen LogP contribution in [0.15, 0.2) is 90.3 Å². The van der Waals surface area contributed by atoms with E-state index in [0.29, 0.717) is 12.1 Å². The molecule has 0 spiro atoms. The summed E-state index contributed by atoms with van der Waals surface area (Å²) in [5.41, 5.74) is 0.768. The number of carbonyl (C=O) groups is 3. The monoisotopic (exact) mass is 577 g/mol. The van der Waals surface area contributed by atoms with Crippen LogP contribution in [-0.2, 0) is 28.6 Å². The van der Waals surface area contributed by atoms with Crippen LogP contribution >= 0.6 is 0 Å². The molecule has 0 saturated carbocycles. The van der Waals surface area contributed by atoms with E-state index in [4.69, 9.17) is 0 Å². The van der Waals surface area contributed by atoms with Gasteiger partial charge in [0.05, 0.1) is 29.4 Å². The van der Waals surface area contributed by atoms with Crippen LogP contribution in [0.3, 0.4) is 0 Å². The first-order valence-corrected chi connectivity index (χ1v) is 13.7. The Morgan fingerprint density at radius 1 is 1.05 bits per heavy atom. The molecule has 2 aromatic carbocycles. The van der Waals surface area contributed by atoms with Crippen molar-refractivity contribution in [3.63, 3.8) is 0 Å². The lowest BCUT2D eigenvalue weighted by atomic mass is 9.91. The molecule has 0 bridgehead atoms. The quantitative estimate of drug-likeness (QED) is 0.398. The molecule has 3 aromatic rings. The minimum absolute atomic E-state index is 0.0347. The van der Waals surface area contributed by atoms with Crippen LogP contribution in [0.2, 0.25) is 0 Å². The summed E-state index contributed by atoms with van der Waals surface area (Å²) in [6.45, 7) is 2.09. The van der Waals surface area contributed by atoms with Crippen molar-refractivity contribution >= 4 is 17.8 Å². The van der Waals surface area contributed by atoms with Crippen LogP contribution < -0.4 is 10.6 Å². The van der Waals surface area contributed by atoms with Crippen molar-refractivity contribution in [1.82, 2.24) is 25.4 Å². The van der Waals surface area contributed by atoms with E-state index < -0.39 is 41.7 Å². The second-order valence-electron chi connectivity index (χ2n) is 10.1. The first kappa shape index (κ1) is 28.8. The fourth-order valence-electron chi connectivity index (χ4n) is 5.50. The lowest BCUT2D eigenvalue weighted by Gasteiger charge is -2.33. The molecule has 42 heavy (non-hydrogen) atoms. The third-order valence-corrected chi connectivity index (χ3v) is 7.50. The highest BCUT2D eigenvalue weighted by atomic mass is 19.4. The number of amides is 4. The molecule has 2 atom stereocenters. The van der Waals surface area contributed by atoms with Gasteiger partial charge in [0.2, 0.25) is 5.91 Å². The molecule has 0 fully saturated rings. The van der Waals surface area contributed by atoms with Crippen LogP contribution in [0.4, 0.5) is 18.0 Å². The molecule has 0 aliphatic carbocycles. The number of pyridine rings is 1. The third-order valence-electron chi connectivity index (χ3n) is 7.50. The average Bonchev–Trinajstić information content (AvgIpc) is 3.32. The zero-order chi connectivity index (χ0) is 29.9. The molecule has 0 radical (unpaired) electrons. The largest absolute Gasteiger partial charge is 0.416 e. The number of alkyl halides is 3. The van der Waals surface area contributed by atoms with Gasteiger partial charge in [-0.05, 0) is 36.2 Å². The zero-order valence-corrected chi connectivity index (χ0v) is 22.9. The second-order valence-corrected chi connectivity index (χ2v) is 10.1. The van der Waals surface area contributed by atoms with E-state index in [1.807, 2.05) is 42.5 Å². The first-order valence-electron chi connectivity index (χ1n) is 13.7. The van der Waals surface area contributed by atoms with Gasteiger partial charge < -0.3 is 15.5 Å². The van der Waals surface area contributed by atoms with Gasteiger partial charge in [-0.1, -0.05) is 54.6 Å². The first-order chi connectivity index (χ1) is 20.2. The normalized spacial score (nSPS) is 17.7. The number of nitrogens with zero attached hydrogens (tertiary/aromatic N) is 3. The highest BCUT2D eigenvalue weighted by Crippen LogP contribution is 2.42. The fraction of sp³-hybridized carbons (Fsp3) is 0.290. The Kier molecular flexibility index (Phi) is 8.28. The second kappa shape index (κ2) is 12.1. The molecule has 3 heterocycles. The number of urea groups is 1. The maximum atomic E-state index is 14.1. The van der Waals surface area contributed by atoms with Crippen molar-refractivity contribution in [2.75, 3.05) is 19.6 Å². The lowest BCUT2D eigenvalue weighted by molar-refractivity contribution is -0.138. The van der Waals surface area contributed by atoms with Gasteiger partial charge in [-0.15, -0.1) is 0 Å².